The number of nitrogens with one attached hydrogen (secondary N) is 1. The normalized spacial score (nSPS) is 11.4. The highest BCUT2D eigenvalue weighted by Gasteiger charge is 2.21. The lowest BCUT2D eigenvalue weighted by atomic mass is 10.2. The number of nitrogens with zero attached hydrogens (tertiary/aromatic N) is 4. The summed E-state index contributed by atoms with van der Waals surface area (Å²) in [6.07, 6.45) is 5.66. The van der Waals surface area contributed by atoms with Crippen LogP contribution in [0, 0.1) is 5.82 Å². The maximum Gasteiger partial charge on any atom is 0.264 e. The molecule has 0 spiro atoms. The number of aromatic nitrogens is 4. The minimum atomic E-state index is -4.25. The maximum absolute atomic E-state index is 14.0. The van der Waals surface area contributed by atoms with Crippen LogP contribution in [0.25, 0.3) is 16.9 Å². The fraction of sp³-hybridized carbons (Fsp3) is 0.0526. The van der Waals surface area contributed by atoms with Gasteiger partial charge in [0.05, 0.1) is 19.0 Å². The molecule has 0 radical (unpaired) electrons. The number of anilines is 1. The molecule has 0 saturated carbocycles. The highest BCUT2D eigenvalue weighted by atomic mass is 32.2. The molecular formula is C19H14FN5O4S. The maximum atomic E-state index is 14.0. The Labute approximate surface area is 169 Å². The first kappa shape index (κ1) is 19.5. The summed E-state index contributed by atoms with van der Waals surface area (Å²) in [4.78, 5) is 23.9. The van der Waals surface area contributed by atoms with E-state index in [4.69, 9.17) is 4.74 Å². The molecule has 0 unspecified atom stereocenters. The van der Waals surface area contributed by atoms with Gasteiger partial charge >= 0.3 is 0 Å². The zero-order chi connectivity index (χ0) is 21.3. The second-order valence-electron chi connectivity index (χ2n) is 6.10. The standard InChI is InChI=1S/C19H14FN5O4S/c1-29-19-14(24-30(27,28)16-5-3-2-4-13(16)20)8-12(9-23-19)15-11-25-17(10-22-15)21-7-6-18(25)26/h2-11,24H,1H3. The molecule has 0 amide bonds. The quantitative estimate of drug-likeness (QED) is 0.519. The highest BCUT2D eigenvalue weighted by Crippen LogP contribution is 2.29. The van der Waals surface area contributed by atoms with Crippen molar-refractivity contribution in [1.82, 2.24) is 19.4 Å². The van der Waals surface area contributed by atoms with E-state index < -0.39 is 20.7 Å². The van der Waals surface area contributed by atoms with Crippen LogP contribution in [0.5, 0.6) is 5.88 Å². The van der Waals surface area contributed by atoms with Crippen molar-refractivity contribution in [2.24, 2.45) is 0 Å². The minimum Gasteiger partial charge on any atom is -0.480 e. The van der Waals surface area contributed by atoms with Crippen LogP contribution in [0.1, 0.15) is 0 Å². The summed E-state index contributed by atoms with van der Waals surface area (Å²) in [5.41, 5.74) is 0.788. The van der Waals surface area contributed by atoms with Gasteiger partial charge in [-0.15, -0.1) is 0 Å². The monoisotopic (exact) mass is 427 g/mol. The number of hydrogen-bond donors (Lipinski definition) is 1. The van der Waals surface area contributed by atoms with Crippen molar-refractivity contribution in [2.45, 2.75) is 4.90 Å². The third-order valence-electron chi connectivity index (χ3n) is 4.19. The Morgan fingerprint density at radius 2 is 1.90 bits per heavy atom. The van der Waals surface area contributed by atoms with Crippen LogP contribution in [0.15, 0.2) is 70.9 Å². The SMILES string of the molecule is COc1ncc(-c2cn3c(=O)ccnc3cn2)cc1NS(=O)(=O)c1ccccc1F. The van der Waals surface area contributed by atoms with E-state index in [1.165, 1.54) is 60.6 Å². The Bertz CT molecular complexity index is 1420. The Morgan fingerprint density at radius 1 is 1.10 bits per heavy atom. The molecule has 0 atom stereocenters. The van der Waals surface area contributed by atoms with E-state index in [0.717, 1.165) is 12.1 Å². The number of rotatable bonds is 5. The van der Waals surface area contributed by atoms with E-state index in [1.54, 1.807) is 0 Å². The molecule has 4 rings (SSSR count). The van der Waals surface area contributed by atoms with E-state index >= 15 is 0 Å². The van der Waals surface area contributed by atoms with Gasteiger partial charge in [0.25, 0.3) is 15.6 Å². The molecule has 0 aliphatic rings. The van der Waals surface area contributed by atoms with Gasteiger partial charge in [-0.1, -0.05) is 12.1 Å². The zero-order valence-corrected chi connectivity index (χ0v) is 16.3. The number of pyridine rings is 1. The topological polar surface area (TPSA) is 116 Å². The average Bonchev–Trinajstić information content (AvgIpc) is 2.74. The molecule has 30 heavy (non-hydrogen) atoms. The second-order valence-corrected chi connectivity index (χ2v) is 7.75. The Balaban J connectivity index is 1.79. The number of halogens is 1. The van der Waals surface area contributed by atoms with Gasteiger partial charge in [0, 0.05) is 30.2 Å². The first-order chi connectivity index (χ1) is 14.4. The van der Waals surface area contributed by atoms with Crippen LogP contribution in [0.3, 0.4) is 0 Å². The first-order valence-corrected chi connectivity index (χ1v) is 10.0. The van der Waals surface area contributed by atoms with Gasteiger partial charge < -0.3 is 4.74 Å². The summed E-state index contributed by atoms with van der Waals surface area (Å²) in [5, 5.41) is 0. The lowest BCUT2D eigenvalue weighted by Gasteiger charge is -2.13. The summed E-state index contributed by atoms with van der Waals surface area (Å²) < 4.78 is 48.0. The molecule has 0 saturated heterocycles. The molecule has 3 heterocycles. The molecule has 11 heteroatoms. The predicted octanol–water partition coefficient (Wildman–Crippen LogP) is 2.10. The number of benzene rings is 1. The average molecular weight is 427 g/mol. The van der Waals surface area contributed by atoms with Gasteiger partial charge in [-0.05, 0) is 18.2 Å². The van der Waals surface area contributed by atoms with Crippen molar-refractivity contribution in [3.05, 3.63) is 77.4 Å². The number of methoxy groups -OCH3 is 1. The van der Waals surface area contributed by atoms with Gasteiger partial charge in [-0.2, -0.15) is 0 Å². The van der Waals surface area contributed by atoms with Crippen LogP contribution >= 0.6 is 0 Å². The van der Waals surface area contributed by atoms with Crippen LogP contribution in [-0.2, 0) is 10.0 Å². The van der Waals surface area contributed by atoms with Crippen molar-refractivity contribution in [3.8, 4) is 17.1 Å². The summed E-state index contributed by atoms with van der Waals surface area (Å²) in [6, 6.07) is 7.72. The molecule has 1 aromatic carbocycles. The van der Waals surface area contributed by atoms with Crippen LogP contribution in [0.4, 0.5) is 10.1 Å². The largest absolute Gasteiger partial charge is 0.480 e. The van der Waals surface area contributed by atoms with Crippen LogP contribution in [-0.4, -0.2) is 34.9 Å². The number of hydrogen-bond acceptors (Lipinski definition) is 7. The summed E-state index contributed by atoms with van der Waals surface area (Å²) >= 11 is 0. The van der Waals surface area contributed by atoms with Gasteiger partial charge in [-0.3, -0.25) is 18.9 Å². The number of fused-ring (bicyclic) bond motifs is 1. The van der Waals surface area contributed by atoms with Crippen molar-refractivity contribution in [2.75, 3.05) is 11.8 Å². The van der Waals surface area contributed by atoms with E-state index in [-0.39, 0.29) is 17.1 Å². The smallest absolute Gasteiger partial charge is 0.264 e. The van der Waals surface area contributed by atoms with Gasteiger partial charge in [0.1, 0.15) is 16.4 Å². The van der Waals surface area contributed by atoms with E-state index in [1.807, 2.05) is 0 Å². The molecule has 3 aromatic heterocycles. The molecular weight excluding hydrogens is 413 g/mol. The highest BCUT2D eigenvalue weighted by molar-refractivity contribution is 7.92. The van der Waals surface area contributed by atoms with Crippen molar-refractivity contribution < 1.29 is 17.5 Å². The summed E-state index contributed by atoms with van der Waals surface area (Å²) in [7, 11) is -2.93. The molecule has 152 valence electrons. The van der Waals surface area contributed by atoms with E-state index in [2.05, 4.69) is 19.7 Å². The van der Waals surface area contributed by atoms with Gasteiger partial charge in [-0.25, -0.2) is 22.8 Å². The first-order valence-electron chi connectivity index (χ1n) is 8.54. The molecule has 0 aliphatic carbocycles. The Hall–Kier alpha value is -3.86. The van der Waals surface area contributed by atoms with Crippen LogP contribution < -0.4 is 15.0 Å². The third-order valence-corrected chi connectivity index (χ3v) is 5.59. The predicted molar refractivity (Wildman–Crippen MR) is 106 cm³/mol. The summed E-state index contributed by atoms with van der Waals surface area (Å²) in [6.45, 7) is 0. The molecule has 0 fully saturated rings. The van der Waals surface area contributed by atoms with Crippen molar-refractivity contribution in [3.63, 3.8) is 0 Å². The third kappa shape index (κ3) is 3.57. The Morgan fingerprint density at radius 3 is 2.67 bits per heavy atom. The fourth-order valence-corrected chi connectivity index (χ4v) is 3.91. The summed E-state index contributed by atoms with van der Waals surface area (Å²) in [5.74, 6) is -0.908. The van der Waals surface area contributed by atoms with E-state index in [9.17, 15) is 17.6 Å². The molecule has 9 nitrogen and oxygen atoms in total. The van der Waals surface area contributed by atoms with Gasteiger partial charge in [0.2, 0.25) is 5.88 Å². The number of ether oxygens (including phenoxy) is 1. The van der Waals surface area contributed by atoms with Gasteiger partial charge in [0.15, 0.2) is 5.65 Å². The number of sulfonamides is 1. The minimum absolute atomic E-state index is 0.0151. The second kappa shape index (κ2) is 7.52. The molecule has 0 bridgehead atoms. The van der Waals surface area contributed by atoms with Crippen LogP contribution in [0.2, 0.25) is 0 Å². The lowest BCUT2D eigenvalue weighted by Crippen LogP contribution is -2.16. The lowest BCUT2D eigenvalue weighted by molar-refractivity contribution is 0.400. The molecule has 1 N–H and O–H groups in total. The van der Waals surface area contributed by atoms with E-state index in [0.29, 0.717) is 16.9 Å². The van der Waals surface area contributed by atoms with Crippen molar-refractivity contribution in [1.29, 1.82) is 0 Å². The Kier molecular flexibility index (Phi) is 4.88. The molecule has 4 aromatic rings. The van der Waals surface area contributed by atoms with Crippen molar-refractivity contribution >= 4 is 21.4 Å². The zero-order valence-electron chi connectivity index (χ0n) is 15.5. The molecule has 0 aliphatic heterocycles. The fourth-order valence-electron chi connectivity index (χ4n) is 2.78.